The lowest BCUT2D eigenvalue weighted by Crippen LogP contribution is -2.36. The van der Waals surface area contributed by atoms with Crippen LogP contribution in [-0.4, -0.2) is 72.0 Å². The van der Waals surface area contributed by atoms with Crippen molar-refractivity contribution in [3.05, 3.63) is 66.6 Å². The zero-order chi connectivity index (χ0) is 24.9. The number of carbonyl (C=O) groups excluding carboxylic acids is 2. The molecule has 0 bridgehead atoms. The van der Waals surface area contributed by atoms with Crippen molar-refractivity contribution in [2.24, 2.45) is 5.73 Å². The first-order valence-corrected chi connectivity index (χ1v) is 11.3. The highest BCUT2D eigenvalue weighted by Crippen LogP contribution is 2.29. The fourth-order valence-corrected chi connectivity index (χ4v) is 4.04. The number of amides is 3. The summed E-state index contributed by atoms with van der Waals surface area (Å²) < 4.78 is 0. The maximum absolute atomic E-state index is 12.7. The van der Waals surface area contributed by atoms with E-state index in [-0.39, 0.29) is 6.03 Å². The standard InChI is InChI=1S/C25H30N8O2/c1-31(2)20-9-11-33(16-20)25(35)30-18-7-4-6-17(12-18)29-23-13-22(21(15-28-23)24(26)34)32(3)19-8-5-10-27-14-19/h4-8,10,12-15,20H,9,11,16H2,1-3H3,(H2,26,34)(H,28,29)(H,30,35)/t20-/m1/s1. The van der Waals surface area contributed by atoms with E-state index in [1.165, 1.54) is 6.20 Å². The van der Waals surface area contributed by atoms with Crippen molar-refractivity contribution >= 4 is 40.5 Å². The minimum Gasteiger partial charge on any atom is -0.365 e. The van der Waals surface area contributed by atoms with Gasteiger partial charge in [-0.1, -0.05) is 6.07 Å². The Morgan fingerprint density at radius 1 is 1.09 bits per heavy atom. The summed E-state index contributed by atoms with van der Waals surface area (Å²) >= 11 is 0. The first-order valence-electron chi connectivity index (χ1n) is 11.3. The van der Waals surface area contributed by atoms with Gasteiger partial charge in [0.1, 0.15) is 5.82 Å². The largest absolute Gasteiger partial charge is 0.365 e. The van der Waals surface area contributed by atoms with Crippen LogP contribution in [0.2, 0.25) is 0 Å². The van der Waals surface area contributed by atoms with Crippen molar-refractivity contribution in [1.82, 2.24) is 19.8 Å². The molecule has 4 rings (SSSR count). The highest BCUT2D eigenvalue weighted by Gasteiger charge is 2.27. The topological polar surface area (TPSA) is 120 Å². The maximum atomic E-state index is 12.7. The van der Waals surface area contributed by atoms with E-state index < -0.39 is 5.91 Å². The number of anilines is 5. The predicted molar refractivity (Wildman–Crippen MR) is 137 cm³/mol. The number of urea groups is 1. The zero-order valence-electron chi connectivity index (χ0n) is 20.1. The smallest absolute Gasteiger partial charge is 0.321 e. The Morgan fingerprint density at radius 2 is 1.89 bits per heavy atom. The summed E-state index contributed by atoms with van der Waals surface area (Å²) in [4.78, 5) is 39.0. The van der Waals surface area contributed by atoms with Crippen LogP contribution in [0.1, 0.15) is 16.8 Å². The molecule has 1 atom stereocenters. The molecular formula is C25H30N8O2. The number of pyridine rings is 2. The number of nitrogens with two attached hydrogens (primary N) is 1. The molecule has 3 heterocycles. The molecule has 10 heteroatoms. The molecule has 0 radical (unpaired) electrons. The molecule has 1 fully saturated rings. The van der Waals surface area contributed by atoms with E-state index in [0.29, 0.717) is 35.3 Å². The molecule has 1 aliphatic rings. The molecule has 3 aromatic rings. The van der Waals surface area contributed by atoms with E-state index in [1.54, 1.807) is 18.5 Å². The van der Waals surface area contributed by atoms with Gasteiger partial charge in [-0.05, 0) is 50.8 Å². The molecule has 35 heavy (non-hydrogen) atoms. The van der Waals surface area contributed by atoms with Crippen LogP contribution in [0, 0.1) is 0 Å². The van der Waals surface area contributed by atoms with Gasteiger partial charge in [0.25, 0.3) is 5.91 Å². The van der Waals surface area contributed by atoms with Gasteiger partial charge >= 0.3 is 6.03 Å². The number of nitrogens with zero attached hydrogens (tertiary/aromatic N) is 5. The number of carbonyl (C=O) groups is 2. The second-order valence-corrected chi connectivity index (χ2v) is 8.71. The Labute approximate surface area is 204 Å². The van der Waals surface area contributed by atoms with E-state index >= 15 is 0 Å². The Bertz CT molecular complexity index is 1200. The third-order valence-corrected chi connectivity index (χ3v) is 6.11. The summed E-state index contributed by atoms with van der Waals surface area (Å²) in [5, 5.41) is 6.22. The third-order valence-electron chi connectivity index (χ3n) is 6.11. The molecule has 1 saturated heterocycles. The maximum Gasteiger partial charge on any atom is 0.321 e. The van der Waals surface area contributed by atoms with E-state index in [4.69, 9.17) is 5.73 Å². The second kappa shape index (κ2) is 10.4. The number of hydrogen-bond donors (Lipinski definition) is 3. The van der Waals surface area contributed by atoms with Crippen molar-refractivity contribution in [2.45, 2.75) is 12.5 Å². The van der Waals surface area contributed by atoms with Gasteiger partial charge in [-0.2, -0.15) is 0 Å². The summed E-state index contributed by atoms with van der Waals surface area (Å²) in [6, 6.07) is 13.1. The molecule has 2 aromatic heterocycles. The fraction of sp³-hybridized carbons (Fsp3) is 0.280. The second-order valence-electron chi connectivity index (χ2n) is 8.71. The Balaban J connectivity index is 1.50. The van der Waals surface area contributed by atoms with Crippen molar-refractivity contribution < 1.29 is 9.59 Å². The minimum absolute atomic E-state index is 0.115. The molecule has 0 spiro atoms. The number of rotatable bonds is 7. The lowest BCUT2D eigenvalue weighted by Gasteiger charge is -2.22. The van der Waals surface area contributed by atoms with Gasteiger partial charge in [-0.15, -0.1) is 0 Å². The monoisotopic (exact) mass is 474 g/mol. The van der Waals surface area contributed by atoms with Crippen LogP contribution in [-0.2, 0) is 0 Å². The van der Waals surface area contributed by atoms with Gasteiger partial charge in [-0.3, -0.25) is 9.78 Å². The number of aromatic nitrogens is 2. The lowest BCUT2D eigenvalue weighted by molar-refractivity contribution is 0.100. The molecule has 1 aromatic carbocycles. The molecule has 4 N–H and O–H groups in total. The molecule has 10 nitrogen and oxygen atoms in total. The summed E-state index contributed by atoms with van der Waals surface area (Å²) in [6.07, 6.45) is 5.80. The number of nitrogens with one attached hydrogen (secondary N) is 2. The van der Waals surface area contributed by atoms with Gasteiger partial charge in [-0.25, -0.2) is 9.78 Å². The first kappa shape index (κ1) is 24.0. The lowest BCUT2D eigenvalue weighted by atomic mass is 10.2. The highest BCUT2D eigenvalue weighted by atomic mass is 16.2. The number of hydrogen-bond acceptors (Lipinski definition) is 7. The van der Waals surface area contributed by atoms with Gasteiger partial charge in [0.15, 0.2) is 0 Å². The number of likely N-dealkylation sites (N-methyl/N-ethyl adjacent to an activating group) is 1. The molecule has 1 aliphatic heterocycles. The van der Waals surface area contributed by atoms with Gasteiger partial charge < -0.3 is 31.1 Å². The van der Waals surface area contributed by atoms with E-state index in [0.717, 1.165) is 24.3 Å². The van der Waals surface area contributed by atoms with Crippen LogP contribution >= 0.6 is 0 Å². The van der Waals surface area contributed by atoms with Crippen molar-refractivity contribution in [3.63, 3.8) is 0 Å². The summed E-state index contributed by atoms with van der Waals surface area (Å²) in [7, 11) is 5.90. The number of benzene rings is 1. The molecule has 0 saturated carbocycles. The van der Waals surface area contributed by atoms with E-state index in [1.807, 2.05) is 67.3 Å². The summed E-state index contributed by atoms with van der Waals surface area (Å²) in [5.74, 6) is -0.0458. The summed E-state index contributed by atoms with van der Waals surface area (Å²) in [6.45, 7) is 1.44. The van der Waals surface area contributed by atoms with Crippen molar-refractivity contribution in [3.8, 4) is 0 Å². The van der Waals surface area contributed by atoms with Crippen molar-refractivity contribution in [1.29, 1.82) is 0 Å². The van der Waals surface area contributed by atoms with Crippen LogP contribution in [0.4, 0.5) is 33.4 Å². The molecule has 3 amide bonds. The van der Waals surface area contributed by atoms with Crippen LogP contribution in [0.15, 0.2) is 61.1 Å². The summed E-state index contributed by atoms with van der Waals surface area (Å²) in [5.41, 5.74) is 8.70. The predicted octanol–water partition coefficient (Wildman–Crippen LogP) is 3.25. The Morgan fingerprint density at radius 3 is 2.57 bits per heavy atom. The third kappa shape index (κ3) is 5.67. The van der Waals surface area contributed by atoms with Crippen LogP contribution < -0.4 is 21.3 Å². The molecule has 0 aliphatic carbocycles. The first-order chi connectivity index (χ1) is 16.8. The number of primary amides is 1. The van der Waals surface area contributed by atoms with E-state index in [2.05, 4.69) is 25.5 Å². The van der Waals surface area contributed by atoms with Crippen LogP contribution in [0.5, 0.6) is 0 Å². The minimum atomic E-state index is -0.571. The zero-order valence-corrected chi connectivity index (χ0v) is 20.1. The quantitative estimate of drug-likeness (QED) is 0.481. The average molecular weight is 475 g/mol. The Kier molecular flexibility index (Phi) is 7.11. The number of likely N-dealkylation sites (tertiary alicyclic amines) is 1. The van der Waals surface area contributed by atoms with Crippen LogP contribution in [0.25, 0.3) is 0 Å². The average Bonchev–Trinajstić information content (AvgIpc) is 3.35. The highest BCUT2D eigenvalue weighted by molar-refractivity contribution is 5.99. The van der Waals surface area contributed by atoms with Crippen molar-refractivity contribution in [2.75, 3.05) is 49.8 Å². The molecule has 0 unspecified atom stereocenters. The SMILES string of the molecule is CN(c1cccnc1)c1cc(Nc2cccc(NC(=O)N3CC[C@@H](N(C)C)C3)c2)ncc1C(N)=O. The van der Waals surface area contributed by atoms with E-state index in [9.17, 15) is 9.59 Å². The molecular weight excluding hydrogens is 444 g/mol. The normalized spacial score (nSPS) is 15.2. The fourth-order valence-electron chi connectivity index (χ4n) is 4.04. The Hall–Kier alpha value is -4.18. The van der Waals surface area contributed by atoms with Gasteiger partial charge in [0.05, 0.1) is 23.1 Å². The van der Waals surface area contributed by atoms with Crippen LogP contribution in [0.3, 0.4) is 0 Å². The molecule has 182 valence electrons. The van der Waals surface area contributed by atoms with Gasteiger partial charge in [0, 0.05) is 56.0 Å². The van der Waals surface area contributed by atoms with Gasteiger partial charge in [0.2, 0.25) is 0 Å².